The molecule has 1 atom stereocenters. The first-order chi connectivity index (χ1) is 8.70. The molecule has 1 aromatic heterocycles. The lowest BCUT2D eigenvalue weighted by molar-refractivity contribution is 0.190. The second-order valence-electron chi connectivity index (χ2n) is 4.02. The molecule has 2 aromatic rings. The number of thiazole rings is 1. The fraction of sp³-hybridized carbons (Fsp3) is 0.308. The zero-order valence-electron chi connectivity index (χ0n) is 10.3. The number of ether oxygens (including phenoxy) is 1. The highest BCUT2D eigenvalue weighted by Crippen LogP contribution is 2.30. The molecule has 1 N–H and O–H groups in total. The number of hydrogen-bond donors (Lipinski definition) is 1. The van der Waals surface area contributed by atoms with Gasteiger partial charge in [-0.25, -0.2) is 4.98 Å². The number of anilines is 1. The van der Waals surface area contributed by atoms with E-state index in [4.69, 9.17) is 16.3 Å². The Hall–Kier alpha value is -1.10. The van der Waals surface area contributed by atoms with Crippen LogP contribution in [0.25, 0.3) is 11.3 Å². The number of nitrogens with one attached hydrogen (secondary N) is 1. The van der Waals surface area contributed by atoms with Crippen LogP contribution >= 0.6 is 22.9 Å². The standard InChI is InChI=1S/C13H15ClN2OS/c1-9(7-17-2)15-13-16-12(8-18-13)10-5-3-4-6-11(10)14/h3-6,8-9H,7H2,1-2H3,(H,15,16)/t9-/m1/s1. The largest absolute Gasteiger partial charge is 0.383 e. The molecule has 0 spiro atoms. The van der Waals surface area contributed by atoms with Gasteiger partial charge in [-0.05, 0) is 13.0 Å². The van der Waals surface area contributed by atoms with Crippen molar-refractivity contribution in [1.82, 2.24) is 4.98 Å². The van der Waals surface area contributed by atoms with E-state index >= 15 is 0 Å². The fourth-order valence-electron chi connectivity index (χ4n) is 1.64. The van der Waals surface area contributed by atoms with Crippen molar-refractivity contribution in [1.29, 1.82) is 0 Å². The molecular weight excluding hydrogens is 268 g/mol. The third-order valence-electron chi connectivity index (χ3n) is 2.44. The van der Waals surface area contributed by atoms with Crippen molar-refractivity contribution < 1.29 is 4.74 Å². The highest BCUT2D eigenvalue weighted by atomic mass is 35.5. The van der Waals surface area contributed by atoms with Gasteiger partial charge in [0.25, 0.3) is 0 Å². The SMILES string of the molecule is COC[C@@H](C)Nc1nc(-c2ccccc2Cl)cs1. The topological polar surface area (TPSA) is 34.1 Å². The molecule has 0 unspecified atom stereocenters. The van der Waals surface area contributed by atoms with Gasteiger partial charge in [-0.1, -0.05) is 29.8 Å². The summed E-state index contributed by atoms with van der Waals surface area (Å²) in [5.41, 5.74) is 1.86. The Morgan fingerprint density at radius 2 is 2.22 bits per heavy atom. The molecule has 96 valence electrons. The van der Waals surface area contributed by atoms with Gasteiger partial charge in [-0.2, -0.15) is 0 Å². The summed E-state index contributed by atoms with van der Waals surface area (Å²) in [6.45, 7) is 2.71. The first-order valence-corrected chi connectivity index (χ1v) is 6.92. The predicted molar refractivity (Wildman–Crippen MR) is 77.5 cm³/mol. The molecule has 0 amide bonds. The highest BCUT2D eigenvalue weighted by molar-refractivity contribution is 7.14. The van der Waals surface area contributed by atoms with Gasteiger partial charge in [0.15, 0.2) is 5.13 Å². The van der Waals surface area contributed by atoms with Crippen LogP contribution in [0, 0.1) is 0 Å². The maximum Gasteiger partial charge on any atom is 0.183 e. The van der Waals surface area contributed by atoms with Crippen LogP contribution < -0.4 is 5.32 Å². The molecule has 18 heavy (non-hydrogen) atoms. The Labute approximate surface area is 116 Å². The molecule has 0 radical (unpaired) electrons. The van der Waals surface area contributed by atoms with Gasteiger partial charge in [0.05, 0.1) is 12.3 Å². The lowest BCUT2D eigenvalue weighted by Gasteiger charge is -2.10. The van der Waals surface area contributed by atoms with Crippen LogP contribution in [0.15, 0.2) is 29.6 Å². The third kappa shape index (κ3) is 3.22. The van der Waals surface area contributed by atoms with Crippen molar-refractivity contribution in [2.24, 2.45) is 0 Å². The van der Waals surface area contributed by atoms with Crippen LogP contribution in [-0.4, -0.2) is 24.7 Å². The van der Waals surface area contributed by atoms with E-state index in [0.29, 0.717) is 6.61 Å². The number of rotatable bonds is 5. The maximum absolute atomic E-state index is 6.15. The van der Waals surface area contributed by atoms with Gasteiger partial charge >= 0.3 is 0 Å². The van der Waals surface area contributed by atoms with Gasteiger partial charge in [-0.15, -0.1) is 11.3 Å². The Kier molecular flexibility index (Phi) is 4.58. The highest BCUT2D eigenvalue weighted by Gasteiger charge is 2.09. The van der Waals surface area contributed by atoms with E-state index in [-0.39, 0.29) is 6.04 Å². The minimum absolute atomic E-state index is 0.236. The number of halogens is 1. The third-order valence-corrected chi connectivity index (χ3v) is 3.54. The van der Waals surface area contributed by atoms with Crippen LogP contribution in [0.3, 0.4) is 0 Å². The molecule has 5 heteroatoms. The van der Waals surface area contributed by atoms with Crippen LogP contribution in [-0.2, 0) is 4.74 Å². The molecule has 0 bridgehead atoms. The monoisotopic (exact) mass is 282 g/mol. The normalized spacial score (nSPS) is 12.4. The Bertz CT molecular complexity index is 515. The van der Waals surface area contributed by atoms with Gasteiger partial charge in [0, 0.05) is 29.1 Å². The molecule has 0 saturated heterocycles. The minimum Gasteiger partial charge on any atom is -0.383 e. The zero-order valence-corrected chi connectivity index (χ0v) is 11.9. The van der Waals surface area contributed by atoms with Crippen molar-refractivity contribution >= 4 is 28.1 Å². The molecule has 0 aliphatic rings. The molecule has 1 aromatic carbocycles. The lowest BCUT2D eigenvalue weighted by atomic mass is 10.2. The van der Waals surface area contributed by atoms with E-state index in [1.54, 1.807) is 18.4 Å². The molecule has 0 aliphatic heterocycles. The number of benzene rings is 1. The van der Waals surface area contributed by atoms with Crippen molar-refractivity contribution in [3.8, 4) is 11.3 Å². The van der Waals surface area contributed by atoms with Crippen molar-refractivity contribution in [3.63, 3.8) is 0 Å². The van der Waals surface area contributed by atoms with Gasteiger partial charge in [0.1, 0.15) is 0 Å². The molecule has 3 nitrogen and oxygen atoms in total. The Morgan fingerprint density at radius 1 is 1.44 bits per heavy atom. The van der Waals surface area contributed by atoms with Crippen molar-refractivity contribution in [2.45, 2.75) is 13.0 Å². The molecule has 2 rings (SSSR count). The van der Waals surface area contributed by atoms with Crippen LogP contribution in [0.5, 0.6) is 0 Å². The van der Waals surface area contributed by atoms with Crippen LogP contribution in [0.4, 0.5) is 5.13 Å². The summed E-state index contributed by atoms with van der Waals surface area (Å²) < 4.78 is 5.08. The Morgan fingerprint density at radius 3 is 2.94 bits per heavy atom. The maximum atomic E-state index is 6.15. The van der Waals surface area contributed by atoms with Gasteiger partial charge in [-0.3, -0.25) is 0 Å². The van der Waals surface area contributed by atoms with E-state index in [0.717, 1.165) is 21.4 Å². The number of methoxy groups -OCH3 is 1. The van der Waals surface area contributed by atoms with E-state index in [9.17, 15) is 0 Å². The second-order valence-corrected chi connectivity index (χ2v) is 5.28. The van der Waals surface area contributed by atoms with E-state index in [1.807, 2.05) is 29.6 Å². The quantitative estimate of drug-likeness (QED) is 0.903. The summed E-state index contributed by atoms with van der Waals surface area (Å²) >= 11 is 7.72. The molecule has 0 saturated carbocycles. The summed E-state index contributed by atoms with van der Waals surface area (Å²) in [6.07, 6.45) is 0. The lowest BCUT2D eigenvalue weighted by Crippen LogP contribution is -2.20. The first kappa shape index (κ1) is 13.3. The summed E-state index contributed by atoms with van der Waals surface area (Å²) in [5, 5.41) is 6.90. The summed E-state index contributed by atoms with van der Waals surface area (Å²) in [5.74, 6) is 0. The van der Waals surface area contributed by atoms with Crippen LogP contribution in [0.2, 0.25) is 5.02 Å². The zero-order chi connectivity index (χ0) is 13.0. The van der Waals surface area contributed by atoms with Crippen LogP contribution in [0.1, 0.15) is 6.92 Å². The first-order valence-electron chi connectivity index (χ1n) is 5.66. The average Bonchev–Trinajstić information content (AvgIpc) is 2.78. The van der Waals surface area contributed by atoms with E-state index < -0.39 is 0 Å². The second kappa shape index (κ2) is 6.18. The summed E-state index contributed by atoms with van der Waals surface area (Å²) in [4.78, 5) is 4.53. The smallest absolute Gasteiger partial charge is 0.183 e. The average molecular weight is 283 g/mol. The van der Waals surface area contributed by atoms with E-state index in [1.165, 1.54) is 0 Å². The van der Waals surface area contributed by atoms with Gasteiger partial charge in [0.2, 0.25) is 0 Å². The fourth-order valence-corrected chi connectivity index (χ4v) is 2.69. The minimum atomic E-state index is 0.236. The molecule has 0 aliphatic carbocycles. The number of nitrogens with zero attached hydrogens (tertiary/aromatic N) is 1. The molecule has 0 fully saturated rings. The molecular formula is C13H15ClN2OS. The van der Waals surface area contributed by atoms with Crippen molar-refractivity contribution in [2.75, 3.05) is 19.0 Å². The van der Waals surface area contributed by atoms with E-state index in [2.05, 4.69) is 17.2 Å². The Balaban J connectivity index is 2.13. The summed E-state index contributed by atoms with van der Waals surface area (Å²) in [6, 6.07) is 7.95. The summed E-state index contributed by atoms with van der Waals surface area (Å²) in [7, 11) is 1.69. The molecule has 1 heterocycles. The number of hydrogen-bond acceptors (Lipinski definition) is 4. The predicted octanol–water partition coefficient (Wildman–Crippen LogP) is 3.91. The number of aromatic nitrogens is 1. The van der Waals surface area contributed by atoms with Crippen molar-refractivity contribution in [3.05, 3.63) is 34.7 Å². The van der Waals surface area contributed by atoms with Gasteiger partial charge < -0.3 is 10.1 Å².